The molecule has 19 heteroatoms. The van der Waals surface area contributed by atoms with Crippen molar-refractivity contribution in [2.45, 2.75) is 462 Å². The van der Waals surface area contributed by atoms with E-state index >= 15 is 0 Å². The van der Waals surface area contributed by atoms with E-state index in [0.717, 1.165) is 136 Å². The van der Waals surface area contributed by atoms with Crippen LogP contribution in [0.1, 0.15) is 408 Å². The minimum absolute atomic E-state index is 0.0544. The molecule has 1 unspecified atom stereocenters. The van der Waals surface area contributed by atoms with Crippen LogP contribution in [-0.2, 0) is 56.5 Å². The fraction of sp³-hybridized carbons (Fsp3) is 0.951. The zero-order chi connectivity index (χ0) is 73.9. The van der Waals surface area contributed by atoms with E-state index < -0.39 is 99.7 Å². The number of phosphoric ester groups is 1. The Bertz CT molecular complexity index is 1880. The van der Waals surface area contributed by atoms with Crippen molar-refractivity contribution < 1.29 is 71.6 Å². The lowest BCUT2D eigenvalue weighted by Crippen LogP contribution is -2.70. The molecule has 1 fully saturated rings. The van der Waals surface area contributed by atoms with Gasteiger partial charge >= 0.3 is 13.8 Å². The maximum atomic E-state index is 14.9. The molecule has 0 aromatic rings. The van der Waals surface area contributed by atoms with Crippen LogP contribution in [0.25, 0.3) is 0 Å². The summed E-state index contributed by atoms with van der Waals surface area (Å²) in [5.74, 6) is -2.90. The number of amides is 3. The largest absolute Gasteiger partial charge is 0.480 e. The van der Waals surface area contributed by atoms with Crippen molar-refractivity contribution >= 4 is 31.5 Å². The highest BCUT2D eigenvalue weighted by molar-refractivity contribution is 7.47. The highest BCUT2D eigenvalue weighted by Gasteiger charge is 2.51. The van der Waals surface area contributed by atoms with Crippen LogP contribution in [0.4, 0.5) is 0 Å². The summed E-state index contributed by atoms with van der Waals surface area (Å²) in [6.07, 6.45) is 53.7. The molecular weight excluding hydrogens is 1300 g/mol. The Morgan fingerprint density at radius 1 is 0.406 bits per heavy atom. The van der Waals surface area contributed by atoms with Gasteiger partial charge in [-0.1, -0.05) is 350 Å². The topological polar surface area (TPSA) is 247 Å². The van der Waals surface area contributed by atoms with Crippen LogP contribution in [0, 0.1) is 0 Å². The monoisotopic (exact) mass is 1460 g/mol. The predicted octanol–water partition coefficient (Wildman–Crippen LogP) is 20.9. The molecule has 598 valence electrons. The maximum absolute atomic E-state index is 14.9. The first-order valence-corrected chi connectivity index (χ1v) is 44.1. The SMILES string of the molecule is CCCCCCCCCCC[C@H](CC(=O)N[C@H]1[C@H](OC[C@H](NC(=O)C[C@@H](CCCCCCCCCCC)OCCCCCCCCCC)C(=O)O)O[C@H](CO)[C@@H](OP(=O)(O)OC)[C@H]1NC(=O)C[C@@H](CCCCCCCCCCC)OCCCCCCCCCC)OCCCCCCCCCC. The first-order chi connectivity index (χ1) is 49.2. The van der Waals surface area contributed by atoms with E-state index in [4.69, 9.17) is 32.7 Å². The third kappa shape index (κ3) is 55.8. The van der Waals surface area contributed by atoms with Gasteiger partial charge in [-0.15, -0.1) is 0 Å². The Hall–Kier alpha value is -2.25. The summed E-state index contributed by atoms with van der Waals surface area (Å²) in [6, 6.07) is -4.44. The molecule has 1 aliphatic heterocycles. The van der Waals surface area contributed by atoms with Crippen molar-refractivity contribution in [3.63, 3.8) is 0 Å². The van der Waals surface area contributed by atoms with Crippen molar-refractivity contribution in [3.05, 3.63) is 0 Å². The second-order valence-electron chi connectivity index (χ2n) is 29.8. The van der Waals surface area contributed by atoms with Gasteiger partial charge in [0.15, 0.2) is 12.3 Å². The number of ether oxygens (including phenoxy) is 5. The lowest BCUT2D eigenvalue weighted by molar-refractivity contribution is -0.249. The molecule has 1 saturated heterocycles. The summed E-state index contributed by atoms with van der Waals surface area (Å²) in [5, 5.41) is 30.7. The third-order valence-electron chi connectivity index (χ3n) is 20.3. The molecule has 3 amide bonds. The van der Waals surface area contributed by atoms with E-state index in [1.165, 1.54) is 199 Å². The van der Waals surface area contributed by atoms with Gasteiger partial charge in [0.05, 0.1) is 56.8 Å². The Kier molecular flexibility index (Phi) is 66.6. The molecule has 0 bridgehead atoms. The minimum atomic E-state index is -4.91. The summed E-state index contributed by atoms with van der Waals surface area (Å²) in [4.78, 5) is 68.2. The molecule has 0 aromatic heterocycles. The van der Waals surface area contributed by atoms with Gasteiger partial charge in [0.2, 0.25) is 17.7 Å². The number of aliphatic hydroxyl groups excluding tert-OH is 1. The van der Waals surface area contributed by atoms with Gasteiger partial charge in [0.25, 0.3) is 0 Å². The quantitative estimate of drug-likeness (QED) is 0.0245. The van der Waals surface area contributed by atoms with Crippen LogP contribution < -0.4 is 16.0 Å². The molecule has 101 heavy (non-hydrogen) atoms. The molecular formula is C82H160N3O15P. The van der Waals surface area contributed by atoms with Crippen LogP contribution >= 0.6 is 7.82 Å². The average Bonchev–Trinajstić information content (AvgIpc) is 0.783. The number of aliphatic hydroxyl groups is 1. The second kappa shape index (κ2) is 69.5. The van der Waals surface area contributed by atoms with Crippen LogP contribution in [-0.4, -0.2) is 134 Å². The van der Waals surface area contributed by atoms with Gasteiger partial charge in [-0.3, -0.25) is 23.4 Å². The molecule has 0 spiro atoms. The first-order valence-electron chi connectivity index (χ1n) is 42.6. The number of nitrogens with one attached hydrogen (secondary N) is 3. The Balaban J connectivity index is 3.77. The molecule has 6 N–H and O–H groups in total. The van der Waals surface area contributed by atoms with E-state index in [0.29, 0.717) is 39.1 Å². The van der Waals surface area contributed by atoms with E-state index in [9.17, 15) is 38.8 Å². The Morgan fingerprint density at radius 2 is 0.683 bits per heavy atom. The van der Waals surface area contributed by atoms with E-state index in [2.05, 4.69) is 57.5 Å². The number of carbonyl (C=O) groups excluding carboxylic acids is 3. The van der Waals surface area contributed by atoms with Crippen molar-refractivity contribution in [2.75, 3.05) is 40.1 Å². The number of carboxylic acid groups (broad SMARTS) is 1. The zero-order valence-corrected chi connectivity index (χ0v) is 67.1. The number of hydrogen-bond acceptors (Lipinski definition) is 13. The van der Waals surface area contributed by atoms with Crippen LogP contribution in [0.15, 0.2) is 0 Å². The number of unbranched alkanes of at least 4 members (excludes halogenated alkanes) is 45. The second-order valence-corrected chi connectivity index (χ2v) is 31.3. The third-order valence-corrected chi connectivity index (χ3v) is 21.2. The van der Waals surface area contributed by atoms with Crippen molar-refractivity contribution in [3.8, 4) is 0 Å². The molecule has 1 heterocycles. The molecule has 1 aliphatic rings. The highest BCUT2D eigenvalue weighted by Crippen LogP contribution is 2.46. The van der Waals surface area contributed by atoms with Gasteiger partial charge < -0.3 is 54.7 Å². The van der Waals surface area contributed by atoms with Crippen molar-refractivity contribution in [1.82, 2.24) is 16.0 Å². The molecule has 0 radical (unpaired) electrons. The summed E-state index contributed by atoms with van der Waals surface area (Å²) in [6.45, 7) is 13.3. The van der Waals surface area contributed by atoms with E-state index in [1.54, 1.807) is 0 Å². The number of carbonyl (C=O) groups is 4. The lowest BCUT2D eigenvalue weighted by Gasteiger charge is -2.46. The number of hydrogen-bond donors (Lipinski definition) is 6. The van der Waals surface area contributed by atoms with E-state index in [-0.39, 0.29) is 19.3 Å². The average molecular weight is 1460 g/mol. The minimum Gasteiger partial charge on any atom is -0.480 e. The Morgan fingerprint density at radius 3 is 0.970 bits per heavy atom. The van der Waals surface area contributed by atoms with E-state index in [1.807, 2.05) is 0 Å². The van der Waals surface area contributed by atoms with Gasteiger partial charge in [-0.05, 0) is 38.5 Å². The molecule has 1 rings (SSSR count). The summed E-state index contributed by atoms with van der Waals surface area (Å²) in [5.41, 5.74) is 0. The fourth-order valence-electron chi connectivity index (χ4n) is 13.9. The fourth-order valence-corrected chi connectivity index (χ4v) is 14.5. The normalized spacial score (nSPS) is 18.1. The first kappa shape index (κ1) is 96.8. The highest BCUT2D eigenvalue weighted by atomic mass is 31.2. The summed E-state index contributed by atoms with van der Waals surface area (Å²) < 4.78 is 56.7. The zero-order valence-electron chi connectivity index (χ0n) is 66.2. The van der Waals surface area contributed by atoms with Crippen LogP contribution in [0.5, 0.6) is 0 Å². The molecule has 0 aliphatic carbocycles. The maximum Gasteiger partial charge on any atom is 0.472 e. The standard InChI is InChI=1S/C82H160N3O15P/c1-8-14-20-26-32-38-41-47-53-59-70(95-62-56-50-44-35-29-23-17-11-4)65-75(87)83-73(81(90)91)69-98-82-79(85-77(89)67-72(61-55-49-43-40-34-28-22-16-10-3)97-64-58-52-46-37-31-25-19-13-6)78(80(74(68-86)99-82)100-101(92,93)94-7)84-76(88)66-71(60-54-48-42-39-33-27-21-15-9-2)96-63-57-51-45-36-30-24-18-12-5/h70-74,78-80,82,86H,8-69H2,1-7H3,(H,83,87)(H,84,88)(H,85,89)(H,90,91)(H,92,93)/t70-,71-,72-,73+,74-,78+,79-,80-,82-/m1/s1. The number of phosphoric acid groups is 1. The number of carboxylic acids is 1. The summed E-state index contributed by atoms with van der Waals surface area (Å²) >= 11 is 0. The molecule has 0 aromatic carbocycles. The van der Waals surface area contributed by atoms with Gasteiger partial charge in [0.1, 0.15) is 18.2 Å². The number of aliphatic carboxylic acids is 1. The van der Waals surface area contributed by atoms with Gasteiger partial charge in [0, 0.05) is 26.9 Å². The van der Waals surface area contributed by atoms with Crippen LogP contribution in [0.3, 0.4) is 0 Å². The van der Waals surface area contributed by atoms with Crippen molar-refractivity contribution in [1.29, 1.82) is 0 Å². The summed E-state index contributed by atoms with van der Waals surface area (Å²) in [7, 11) is -3.91. The van der Waals surface area contributed by atoms with Crippen LogP contribution in [0.2, 0.25) is 0 Å². The number of rotatable bonds is 77. The van der Waals surface area contributed by atoms with Gasteiger partial charge in [-0.25, -0.2) is 9.36 Å². The Labute approximate surface area is 618 Å². The lowest BCUT2D eigenvalue weighted by atomic mass is 9.93. The van der Waals surface area contributed by atoms with Crippen molar-refractivity contribution in [2.24, 2.45) is 0 Å². The van der Waals surface area contributed by atoms with Gasteiger partial charge in [-0.2, -0.15) is 0 Å². The molecule has 0 saturated carbocycles. The smallest absolute Gasteiger partial charge is 0.472 e. The molecule has 10 atom stereocenters. The molecule has 18 nitrogen and oxygen atoms in total. The predicted molar refractivity (Wildman–Crippen MR) is 413 cm³/mol.